The molecular formula is C13H11F3N2S. The van der Waals surface area contributed by atoms with Crippen molar-refractivity contribution in [2.24, 2.45) is 0 Å². The first-order chi connectivity index (χ1) is 8.95. The van der Waals surface area contributed by atoms with Crippen molar-refractivity contribution in [3.63, 3.8) is 0 Å². The number of rotatable bonds is 2. The first kappa shape index (κ1) is 13.7. The van der Waals surface area contributed by atoms with Gasteiger partial charge in [0.1, 0.15) is 4.64 Å². The van der Waals surface area contributed by atoms with Gasteiger partial charge in [-0.25, -0.2) is 4.98 Å². The topological polar surface area (TPSA) is 28.7 Å². The van der Waals surface area contributed by atoms with Crippen molar-refractivity contribution >= 4 is 12.2 Å². The smallest absolute Gasteiger partial charge is 0.346 e. The van der Waals surface area contributed by atoms with E-state index in [4.69, 9.17) is 12.2 Å². The Hall–Kier alpha value is -1.69. The minimum Gasteiger partial charge on any atom is -0.346 e. The molecule has 0 aliphatic heterocycles. The normalized spacial score (nSPS) is 11.6. The monoisotopic (exact) mass is 284 g/mol. The molecule has 2 aromatic rings. The van der Waals surface area contributed by atoms with Crippen molar-refractivity contribution in [1.82, 2.24) is 9.97 Å². The molecule has 0 radical (unpaired) electrons. The summed E-state index contributed by atoms with van der Waals surface area (Å²) in [5.74, 6) is 0. The third-order valence-electron chi connectivity index (χ3n) is 2.81. The molecule has 0 fully saturated rings. The largest absolute Gasteiger partial charge is 0.417 e. The lowest BCUT2D eigenvalue weighted by atomic mass is 10.00. The van der Waals surface area contributed by atoms with Gasteiger partial charge >= 0.3 is 6.18 Å². The Morgan fingerprint density at radius 1 is 1.26 bits per heavy atom. The fourth-order valence-electron chi connectivity index (χ4n) is 1.94. The Morgan fingerprint density at radius 2 is 1.95 bits per heavy atom. The van der Waals surface area contributed by atoms with Crippen LogP contribution in [-0.2, 0) is 12.6 Å². The van der Waals surface area contributed by atoms with Gasteiger partial charge in [-0.05, 0) is 12.5 Å². The number of benzene rings is 1. The van der Waals surface area contributed by atoms with E-state index in [0.29, 0.717) is 22.3 Å². The molecule has 19 heavy (non-hydrogen) atoms. The number of H-pyrrole nitrogens is 1. The number of nitrogens with one attached hydrogen (secondary N) is 1. The molecule has 1 heterocycles. The number of halogens is 3. The van der Waals surface area contributed by atoms with Gasteiger partial charge < -0.3 is 4.98 Å². The van der Waals surface area contributed by atoms with E-state index >= 15 is 0 Å². The molecule has 100 valence electrons. The molecule has 0 spiro atoms. The molecule has 1 aromatic heterocycles. The van der Waals surface area contributed by atoms with Gasteiger partial charge in [0.25, 0.3) is 0 Å². The fourth-order valence-corrected chi connectivity index (χ4v) is 2.24. The molecule has 2 rings (SSSR count). The zero-order valence-corrected chi connectivity index (χ0v) is 10.9. The van der Waals surface area contributed by atoms with Gasteiger partial charge in [-0.15, -0.1) is 0 Å². The Labute approximate surface area is 113 Å². The number of hydrogen-bond donors (Lipinski definition) is 1. The standard InChI is InChI=1S/C13H11F3N2S/c1-2-8-11(17-7-18-12(8)19)9-5-3-4-6-10(9)13(14,15)16/h3-7H,2H2,1H3,(H,17,18,19). The first-order valence-electron chi connectivity index (χ1n) is 5.68. The second-order valence-corrected chi connectivity index (χ2v) is 4.34. The quantitative estimate of drug-likeness (QED) is 0.829. The summed E-state index contributed by atoms with van der Waals surface area (Å²) in [5.41, 5.74) is 0.423. The fraction of sp³-hybridized carbons (Fsp3) is 0.231. The lowest BCUT2D eigenvalue weighted by Gasteiger charge is -2.14. The van der Waals surface area contributed by atoms with Crippen LogP contribution in [0.15, 0.2) is 30.6 Å². The van der Waals surface area contributed by atoms with Crippen LogP contribution in [0.1, 0.15) is 18.1 Å². The summed E-state index contributed by atoms with van der Waals surface area (Å²) in [4.78, 5) is 6.69. The molecule has 0 saturated heterocycles. The van der Waals surface area contributed by atoms with E-state index in [1.807, 2.05) is 6.92 Å². The summed E-state index contributed by atoms with van der Waals surface area (Å²) < 4.78 is 39.4. The summed E-state index contributed by atoms with van der Waals surface area (Å²) in [6, 6.07) is 5.43. The van der Waals surface area contributed by atoms with Gasteiger partial charge in [0, 0.05) is 11.1 Å². The van der Waals surface area contributed by atoms with Gasteiger partial charge in [0.15, 0.2) is 0 Å². The molecule has 0 aliphatic rings. The lowest BCUT2D eigenvalue weighted by Crippen LogP contribution is -2.08. The van der Waals surface area contributed by atoms with Crippen molar-refractivity contribution in [2.45, 2.75) is 19.5 Å². The number of nitrogens with zero attached hydrogens (tertiary/aromatic N) is 1. The SMILES string of the molecule is CCc1c(-c2ccccc2C(F)(F)F)[nH]cnc1=S. The minimum atomic E-state index is -4.40. The van der Waals surface area contributed by atoms with E-state index in [1.165, 1.54) is 18.5 Å². The molecule has 0 bridgehead atoms. The third kappa shape index (κ3) is 2.68. The maximum absolute atomic E-state index is 13.0. The average Bonchev–Trinajstić information content (AvgIpc) is 2.37. The van der Waals surface area contributed by atoms with Crippen LogP contribution in [0.25, 0.3) is 11.3 Å². The summed E-state index contributed by atoms with van der Waals surface area (Å²) in [7, 11) is 0. The van der Waals surface area contributed by atoms with Crippen molar-refractivity contribution in [1.29, 1.82) is 0 Å². The van der Waals surface area contributed by atoms with Crippen molar-refractivity contribution < 1.29 is 13.2 Å². The molecule has 0 amide bonds. The van der Waals surface area contributed by atoms with Crippen molar-refractivity contribution in [2.75, 3.05) is 0 Å². The second kappa shape index (κ2) is 5.13. The Bertz CT molecular complexity index is 647. The van der Waals surface area contributed by atoms with E-state index in [2.05, 4.69) is 9.97 Å². The summed E-state index contributed by atoms with van der Waals surface area (Å²) in [5, 5.41) is 0. The predicted molar refractivity (Wildman–Crippen MR) is 69.2 cm³/mol. The van der Waals surface area contributed by atoms with Crippen LogP contribution in [0, 0.1) is 4.64 Å². The van der Waals surface area contributed by atoms with Crippen LogP contribution in [0.4, 0.5) is 13.2 Å². The highest BCUT2D eigenvalue weighted by Gasteiger charge is 2.33. The number of hydrogen-bond acceptors (Lipinski definition) is 2. The summed E-state index contributed by atoms with van der Waals surface area (Å²) >= 11 is 5.06. The predicted octanol–water partition coefficient (Wildman–Crippen LogP) is 4.39. The number of aromatic amines is 1. The molecule has 1 N–H and O–H groups in total. The highest BCUT2D eigenvalue weighted by Crippen LogP contribution is 2.37. The maximum Gasteiger partial charge on any atom is 0.417 e. The zero-order valence-electron chi connectivity index (χ0n) is 10.1. The summed E-state index contributed by atoms with van der Waals surface area (Å²) in [6.45, 7) is 1.83. The van der Waals surface area contributed by atoms with E-state index in [1.54, 1.807) is 6.07 Å². The number of alkyl halides is 3. The maximum atomic E-state index is 13.0. The molecule has 2 nitrogen and oxygen atoms in total. The number of aromatic nitrogens is 2. The van der Waals surface area contributed by atoms with Crippen LogP contribution in [0.2, 0.25) is 0 Å². The van der Waals surface area contributed by atoms with Crippen LogP contribution in [0.5, 0.6) is 0 Å². The van der Waals surface area contributed by atoms with Gasteiger partial charge in [-0.3, -0.25) is 0 Å². The Morgan fingerprint density at radius 3 is 2.58 bits per heavy atom. The van der Waals surface area contributed by atoms with Crippen LogP contribution < -0.4 is 0 Å². The molecule has 0 saturated carbocycles. The molecular weight excluding hydrogens is 273 g/mol. The third-order valence-corrected chi connectivity index (χ3v) is 3.16. The average molecular weight is 284 g/mol. The Balaban J connectivity index is 2.74. The first-order valence-corrected chi connectivity index (χ1v) is 6.09. The van der Waals surface area contributed by atoms with Crippen molar-refractivity contribution in [3.05, 3.63) is 46.4 Å². The van der Waals surface area contributed by atoms with Gasteiger partial charge in [0.2, 0.25) is 0 Å². The van der Waals surface area contributed by atoms with Crippen LogP contribution >= 0.6 is 12.2 Å². The van der Waals surface area contributed by atoms with Crippen LogP contribution in [0.3, 0.4) is 0 Å². The summed E-state index contributed by atoms with van der Waals surface area (Å²) in [6.07, 6.45) is -2.56. The van der Waals surface area contributed by atoms with E-state index < -0.39 is 11.7 Å². The van der Waals surface area contributed by atoms with Gasteiger partial charge in [-0.1, -0.05) is 37.3 Å². The van der Waals surface area contributed by atoms with E-state index in [-0.39, 0.29) is 5.56 Å². The van der Waals surface area contributed by atoms with E-state index in [9.17, 15) is 13.2 Å². The molecule has 6 heteroatoms. The second-order valence-electron chi connectivity index (χ2n) is 3.96. The van der Waals surface area contributed by atoms with Crippen molar-refractivity contribution in [3.8, 4) is 11.3 Å². The minimum absolute atomic E-state index is 0.0975. The van der Waals surface area contributed by atoms with Gasteiger partial charge in [0.05, 0.1) is 17.6 Å². The molecule has 1 aromatic carbocycles. The molecule has 0 aliphatic carbocycles. The lowest BCUT2D eigenvalue weighted by molar-refractivity contribution is -0.137. The van der Waals surface area contributed by atoms with Gasteiger partial charge in [-0.2, -0.15) is 13.2 Å². The molecule has 0 unspecified atom stereocenters. The molecule has 0 atom stereocenters. The van der Waals surface area contributed by atoms with Crippen LogP contribution in [-0.4, -0.2) is 9.97 Å². The highest BCUT2D eigenvalue weighted by atomic mass is 32.1. The highest BCUT2D eigenvalue weighted by molar-refractivity contribution is 7.71. The Kier molecular flexibility index (Phi) is 3.71. The zero-order chi connectivity index (χ0) is 14.0. The van der Waals surface area contributed by atoms with E-state index in [0.717, 1.165) is 6.07 Å².